The highest BCUT2D eigenvalue weighted by Crippen LogP contribution is 2.63. The molecule has 3 unspecified atom stereocenters. The summed E-state index contributed by atoms with van der Waals surface area (Å²) in [5, 5.41) is 18.7. The van der Waals surface area contributed by atoms with Crippen molar-refractivity contribution in [3.8, 4) is 11.5 Å². The first-order valence-electron chi connectivity index (χ1n) is 23.4. The average Bonchev–Trinajstić information content (AvgIpc) is 4.10. The van der Waals surface area contributed by atoms with Crippen molar-refractivity contribution in [2.75, 3.05) is 92.9 Å². The summed E-state index contributed by atoms with van der Waals surface area (Å²) in [6.45, 7) is 1.64. The predicted molar refractivity (Wildman–Crippen MR) is 249 cm³/mol. The molecule has 1 spiro atoms. The minimum absolute atomic E-state index is 0.0403. The SMILES string of the molecule is COCCOc1cccc(CN(C(=O)C2=C(c3ccc(CCCOc4c(F)ccc(F)c4Cl)cc3)CC34CN(C(=O)OCCOCCO[N+](=O)[O-])CC3N(C(=O)OCCOCCO[N+](=O)[O-])C24)C2CC2)c1C. The van der Waals surface area contributed by atoms with Gasteiger partial charge < -0.3 is 52.6 Å². The van der Waals surface area contributed by atoms with E-state index in [1.54, 1.807) is 7.11 Å². The second-order valence-electron chi connectivity index (χ2n) is 17.4. The minimum Gasteiger partial charge on any atom is -0.491 e. The van der Waals surface area contributed by atoms with Crippen LogP contribution in [0.1, 0.15) is 47.9 Å². The number of rotatable bonds is 28. The van der Waals surface area contributed by atoms with Gasteiger partial charge in [-0.25, -0.2) is 18.4 Å². The van der Waals surface area contributed by atoms with Crippen molar-refractivity contribution in [3.05, 3.63) is 119 Å². The van der Waals surface area contributed by atoms with Crippen LogP contribution < -0.4 is 9.47 Å². The summed E-state index contributed by atoms with van der Waals surface area (Å²) in [7, 11) is 1.59. The summed E-state index contributed by atoms with van der Waals surface area (Å²) >= 11 is 5.94. The van der Waals surface area contributed by atoms with Crippen molar-refractivity contribution in [2.24, 2.45) is 5.41 Å². The van der Waals surface area contributed by atoms with Gasteiger partial charge in [-0.3, -0.25) is 9.69 Å². The van der Waals surface area contributed by atoms with Crippen LogP contribution in [0.3, 0.4) is 0 Å². The zero-order valence-electron chi connectivity index (χ0n) is 39.8. The van der Waals surface area contributed by atoms with Crippen molar-refractivity contribution in [1.29, 1.82) is 0 Å². The number of hydrogen-bond donors (Lipinski definition) is 0. The standard InChI is InChI=1S/C48H56ClF2N5O16/c1-31-34(6-3-7-39(31)67-22-17-64-2)28-53(35-12-13-35)45(57)41-36(33-10-8-32(9-11-33)5-4-16-68-43-38(51)15-14-37(50)42(43)49)27-48-30-52(46(58)69-23-18-65-20-25-71-55(60)61)29-40(48)54(44(41)48)47(59)70-24-19-66-21-26-72-56(62)63/h3,6-11,14-15,35,40,44H,4-5,12-13,16-30H2,1-2H3. The lowest BCUT2D eigenvalue weighted by Gasteiger charge is -2.57. The predicted octanol–water partition coefficient (Wildman–Crippen LogP) is 6.39. The molecule has 3 atom stereocenters. The van der Waals surface area contributed by atoms with Crippen LogP contribution in [0.5, 0.6) is 11.5 Å². The van der Waals surface area contributed by atoms with Crippen molar-refractivity contribution in [1.82, 2.24) is 14.7 Å². The van der Waals surface area contributed by atoms with Gasteiger partial charge in [0.15, 0.2) is 11.6 Å². The lowest BCUT2D eigenvalue weighted by atomic mass is 9.66. The summed E-state index contributed by atoms with van der Waals surface area (Å²) in [6.07, 6.45) is 1.29. The maximum atomic E-state index is 15.6. The molecule has 0 radical (unpaired) electrons. The molecule has 0 N–H and O–H groups in total. The third kappa shape index (κ3) is 12.7. The van der Waals surface area contributed by atoms with Crippen molar-refractivity contribution in [2.45, 2.75) is 63.7 Å². The first-order chi connectivity index (χ1) is 34.7. The number of allylic oxidation sites excluding steroid dienone is 1. The molecule has 0 aromatic heterocycles. The number of halogens is 3. The van der Waals surface area contributed by atoms with E-state index in [2.05, 4.69) is 9.68 Å². The van der Waals surface area contributed by atoms with E-state index in [4.69, 9.17) is 44.8 Å². The second-order valence-corrected chi connectivity index (χ2v) is 17.8. The Morgan fingerprint density at radius 2 is 1.46 bits per heavy atom. The van der Waals surface area contributed by atoms with Crippen LogP contribution in [0.15, 0.2) is 60.2 Å². The Morgan fingerprint density at radius 3 is 2.11 bits per heavy atom. The molecule has 3 amide bonds. The molecule has 4 aliphatic rings. The van der Waals surface area contributed by atoms with Gasteiger partial charge >= 0.3 is 12.2 Å². The Kier molecular flexibility index (Phi) is 18.3. The highest BCUT2D eigenvalue weighted by atomic mass is 35.5. The monoisotopic (exact) mass is 1030 g/mol. The second kappa shape index (κ2) is 24.7. The minimum atomic E-state index is -0.945. The van der Waals surface area contributed by atoms with E-state index in [0.29, 0.717) is 54.9 Å². The molecule has 2 aliphatic carbocycles. The molecule has 0 bridgehead atoms. The van der Waals surface area contributed by atoms with Crippen LogP contribution in [0.2, 0.25) is 5.02 Å². The van der Waals surface area contributed by atoms with Crippen LogP contribution in [0.4, 0.5) is 18.4 Å². The molecule has 24 heteroatoms. The summed E-state index contributed by atoms with van der Waals surface area (Å²) in [5.74, 6) is -1.57. The molecule has 72 heavy (non-hydrogen) atoms. The lowest BCUT2D eigenvalue weighted by molar-refractivity contribution is -0.758. The van der Waals surface area contributed by atoms with Crippen molar-refractivity contribution < 1.29 is 76.2 Å². The lowest BCUT2D eigenvalue weighted by Crippen LogP contribution is -2.72. The summed E-state index contributed by atoms with van der Waals surface area (Å²) < 4.78 is 67.0. The van der Waals surface area contributed by atoms with E-state index in [0.717, 1.165) is 41.7 Å². The fourth-order valence-corrected chi connectivity index (χ4v) is 9.66. The Labute approximate surface area is 417 Å². The number of amides is 3. The Bertz CT molecular complexity index is 2470. The van der Waals surface area contributed by atoms with E-state index in [1.165, 1.54) is 9.80 Å². The first-order valence-corrected chi connectivity index (χ1v) is 23.8. The van der Waals surface area contributed by atoms with E-state index >= 15 is 4.79 Å². The number of ether oxygens (including phenoxy) is 7. The van der Waals surface area contributed by atoms with E-state index < -0.39 is 56.5 Å². The third-order valence-electron chi connectivity index (χ3n) is 13.0. The van der Waals surface area contributed by atoms with Crippen LogP contribution in [-0.2, 0) is 51.1 Å². The van der Waals surface area contributed by atoms with Gasteiger partial charge in [-0.15, -0.1) is 20.2 Å². The van der Waals surface area contributed by atoms with E-state index in [1.807, 2.05) is 54.3 Å². The molecular weight excluding hydrogens is 976 g/mol. The maximum Gasteiger partial charge on any atom is 0.410 e. The normalized spacial score (nSPS) is 18.7. The molecule has 390 valence electrons. The summed E-state index contributed by atoms with van der Waals surface area (Å²) in [6, 6.07) is 13.6. The third-order valence-corrected chi connectivity index (χ3v) is 13.3. The summed E-state index contributed by atoms with van der Waals surface area (Å²) in [4.78, 5) is 78.0. The molecule has 2 saturated heterocycles. The molecule has 3 aromatic rings. The molecule has 7 rings (SSSR count). The van der Waals surface area contributed by atoms with Crippen LogP contribution >= 0.6 is 11.6 Å². The van der Waals surface area contributed by atoms with Gasteiger partial charge in [0.05, 0.1) is 51.7 Å². The molecule has 21 nitrogen and oxygen atoms in total. The molecule has 2 heterocycles. The van der Waals surface area contributed by atoms with Gasteiger partial charge in [0.2, 0.25) is 0 Å². The Hall–Kier alpha value is -6.56. The van der Waals surface area contributed by atoms with Gasteiger partial charge in [0.1, 0.15) is 49.6 Å². The Balaban J connectivity index is 1.17. The Morgan fingerprint density at radius 1 is 0.806 bits per heavy atom. The zero-order chi connectivity index (χ0) is 51.4. The fraction of sp³-hybridized carbons (Fsp3) is 0.521. The molecule has 1 saturated carbocycles. The largest absolute Gasteiger partial charge is 0.491 e. The number of likely N-dealkylation sites (tertiary alicyclic amines) is 2. The first kappa shape index (κ1) is 53.2. The quantitative estimate of drug-likeness (QED) is 0.0332. The van der Waals surface area contributed by atoms with Crippen LogP contribution in [0, 0.1) is 44.2 Å². The van der Waals surface area contributed by atoms with Gasteiger partial charge in [-0.1, -0.05) is 48.0 Å². The molecule has 3 fully saturated rings. The molecular formula is C48H56ClF2N5O16. The van der Waals surface area contributed by atoms with Crippen LogP contribution in [-0.4, -0.2) is 154 Å². The molecule has 2 aliphatic heterocycles. The maximum absolute atomic E-state index is 15.6. The van der Waals surface area contributed by atoms with Crippen molar-refractivity contribution in [3.63, 3.8) is 0 Å². The topological polar surface area (TPSA) is 230 Å². The fourth-order valence-electron chi connectivity index (χ4n) is 9.45. The van der Waals surface area contributed by atoms with Crippen LogP contribution in [0.25, 0.3) is 5.57 Å². The van der Waals surface area contributed by atoms with Gasteiger partial charge in [-0.2, -0.15) is 0 Å². The molecule has 3 aromatic carbocycles. The smallest absolute Gasteiger partial charge is 0.410 e. The number of aryl methyl sites for hydroxylation is 1. The number of carbonyl (C=O) groups excluding carboxylic acids is 3. The van der Waals surface area contributed by atoms with Gasteiger partial charge in [-0.05, 0) is 85.1 Å². The van der Waals surface area contributed by atoms with E-state index in [9.17, 15) is 38.6 Å². The van der Waals surface area contributed by atoms with Gasteiger partial charge in [0.25, 0.3) is 16.1 Å². The number of hydrogen-bond acceptors (Lipinski definition) is 16. The van der Waals surface area contributed by atoms with E-state index in [-0.39, 0.29) is 96.8 Å². The highest BCUT2D eigenvalue weighted by Gasteiger charge is 2.72. The number of nitrogens with zero attached hydrogens (tertiary/aromatic N) is 5. The average molecular weight is 1030 g/mol. The van der Waals surface area contributed by atoms with Gasteiger partial charge in [0, 0.05) is 43.8 Å². The number of carbonyl (C=O) groups is 3. The highest BCUT2D eigenvalue weighted by molar-refractivity contribution is 6.32. The number of benzene rings is 3. The summed E-state index contributed by atoms with van der Waals surface area (Å²) in [5.41, 5.74) is 3.54. The zero-order valence-corrected chi connectivity index (χ0v) is 40.5. The van der Waals surface area contributed by atoms with Crippen molar-refractivity contribution >= 4 is 35.3 Å². The number of methoxy groups -OCH3 is 1.